The molecule has 2 aromatic rings. The van der Waals surface area contributed by atoms with Gasteiger partial charge in [0.05, 0.1) is 5.75 Å². The molecule has 1 nitrogen and oxygen atoms in total. The summed E-state index contributed by atoms with van der Waals surface area (Å²) in [5, 5.41) is 0.346. The van der Waals surface area contributed by atoms with Crippen LogP contribution in [0.2, 0.25) is 0 Å². The first-order valence-electron chi connectivity index (χ1n) is 6.02. The first-order valence-corrected chi connectivity index (χ1v) is 7.07. The summed E-state index contributed by atoms with van der Waals surface area (Å²) in [5.41, 5.74) is 2.06. The van der Waals surface area contributed by atoms with Gasteiger partial charge >= 0.3 is 0 Å². The third-order valence-corrected chi connectivity index (χ3v) is 4.03. The van der Waals surface area contributed by atoms with Crippen molar-refractivity contribution in [2.24, 2.45) is 0 Å². The molecule has 0 bridgehead atoms. The maximum Gasteiger partial charge on any atom is 0.172 e. The van der Waals surface area contributed by atoms with Crippen LogP contribution in [0.4, 0.5) is 0 Å². The zero-order chi connectivity index (χ0) is 12.8. The molecule has 0 saturated carbocycles. The third-order valence-electron chi connectivity index (χ3n) is 2.83. The first-order chi connectivity index (χ1) is 8.77. The summed E-state index contributed by atoms with van der Waals surface area (Å²) >= 11 is 1.68. The molecule has 18 heavy (non-hydrogen) atoms. The molecule has 0 saturated heterocycles. The number of Topliss-reactive ketones (excluding diaryl/α,β-unsaturated/α-hetero) is 1. The molecule has 0 aliphatic rings. The molecule has 0 aliphatic carbocycles. The van der Waals surface area contributed by atoms with E-state index in [1.54, 1.807) is 11.8 Å². The quantitative estimate of drug-likeness (QED) is 0.739. The first kappa shape index (κ1) is 12.9. The number of carbonyl (C=O) groups excluding carboxylic acids is 1. The van der Waals surface area contributed by atoms with E-state index in [2.05, 4.69) is 19.1 Å². The van der Waals surface area contributed by atoms with E-state index in [0.29, 0.717) is 11.0 Å². The van der Waals surface area contributed by atoms with Crippen molar-refractivity contribution in [1.29, 1.82) is 0 Å². The van der Waals surface area contributed by atoms with Crippen molar-refractivity contribution in [3.8, 4) is 0 Å². The highest BCUT2D eigenvalue weighted by molar-refractivity contribution is 8.00. The Morgan fingerprint density at radius 3 is 2.17 bits per heavy atom. The van der Waals surface area contributed by atoms with Crippen LogP contribution in [0, 0.1) is 0 Å². The Morgan fingerprint density at radius 2 is 1.56 bits per heavy atom. The predicted molar refractivity (Wildman–Crippen MR) is 78.1 cm³/mol. The highest BCUT2D eigenvalue weighted by Gasteiger charge is 2.10. The second-order valence-electron chi connectivity index (χ2n) is 4.15. The van der Waals surface area contributed by atoms with Crippen LogP contribution >= 0.6 is 11.8 Å². The van der Waals surface area contributed by atoms with E-state index in [0.717, 1.165) is 5.56 Å². The number of hydrogen-bond donors (Lipinski definition) is 0. The zero-order valence-electron chi connectivity index (χ0n) is 10.4. The van der Waals surface area contributed by atoms with Gasteiger partial charge in [0.1, 0.15) is 0 Å². The summed E-state index contributed by atoms with van der Waals surface area (Å²) < 4.78 is 0. The summed E-state index contributed by atoms with van der Waals surface area (Å²) in [6, 6.07) is 19.8. The number of rotatable bonds is 5. The van der Waals surface area contributed by atoms with Crippen LogP contribution in [-0.2, 0) is 0 Å². The lowest BCUT2D eigenvalue weighted by molar-refractivity contribution is 0.102. The van der Waals surface area contributed by atoms with E-state index in [1.807, 2.05) is 48.5 Å². The van der Waals surface area contributed by atoms with Crippen LogP contribution in [0.25, 0.3) is 0 Å². The van der Waals surface area contributed by atoms with Gasteiger partial charge in [-0.1, -0.05) is 60.7 Å². The SMILES string of the molecule is CC(SCC(=O)c1ccccc1)c1ccccc1. The van der Waals surface area contributed by atoms with Gasteiger partial charge in [0, 0.05) is 10.8 Å². The van der Waals surface area contributed by atoms with E-state index in [-0.39, 0.29) is 5.78 Å². The van der Waals surface area contributed by atoms with E-state index in [4.69, 9.17) is 0 Å². The van der Waals surface area contributed by atoms with Crippen molar-refractivity contribution in [3.63, 3.8) is 0 Å². The summed E-state index contributed by atoms with van der Waals surface area (Å²) in [6.45, 7) is 2.14. The van der Waals surface area contributed by atoms with Crippen LogP contribution in [-0.4, -0.2) is 11.5 Å². The Hall–Kier alpha value is -1.54. The minimum atomic E-state index is 0.198. The molecule has 0 radical (unpaired) electrons. The molecule has 2 heteroatoms. The Morgan fingerprint density at radius 1 is 1.00 bits per heavy atom. The van der Waals surface area contributed by atoms with Crippen molar-refractivity contribution < 1.29 is 4.79 Å². The van der Waals surface area contributed by atoms with Gasteiger partial charge in [-0.25, -0.2) is 0 Å². The second kappa shape index (κ2) is 6.41. The summed E-state index contributed by atoms with van der Waals surface area (Å²) in [4.78, 5) is 12.0. The largest absolute Gasteiger partial charge is 0.293 e. The number of benzene rings is 2. The van der Waals surface area contributed by atoms with Gasteiger partial charge in [-0.05, 0) is 12.5 Å². The number of thioether (sulfide) groups is 1. The van der Waals surface area contributed by atoms with E-state index >= 15 is 0 Å². The van der Waals surface area contributed by atoms with Crippen molar-refractivity contribution in [3.05, 3.63) is 71.8 Å². The van der Waals surface area contributed by atoms with Crippen molar-refractivity contribution >= 4 is 17.5 Å². The fourth-order valence-corrected chi connectivity index (χ4v) is 2.65. The third kappa shape index (κ3) is 3.47. The summed E-state index contributed by atoms with van der Waals surface area (Å²) in [7, 11) is 0. The van der Waals surface area contributed by atoms with Gasteiger partial charge < -0.3 is 0 Å². The molecule has 2 rings (SSSR count). The standard InChI is InChI=1S/C16H16OS/c1-13(14-8-4-2-5-9-14)18-12-16(17)15-10-6-3-7-11-15/h2-11,13H,12H2,1H3. The van der Waals surface area contributed by atoms with Gasteiger partial charge in [0.15, 0.2) is 5.78 Å². The van der Waals surface area contributed by atoms with Gasteiger partial charge in [-0.2, -0.15) is 0 Å². The molecule has 2 aromatic carbocycles. The van der Waals surface area contributed by atoms with E-state index < -0.39 is 0 Å². The topological polar surface area (TPSA) is 17.1 Å². The molecule has 1 unspecified atom stereocenters. The van der Waals surface area contributed by atoms with Gasteiger partial charge in [0.2, 0.25) is 0 Å². The Kier molecular flexibility index (Phi) is 4.59. The molecule has 0 fully saturated rings. The smallest absolute Gasteiger partial charge is 0.172 e. The maximum absolute atomic E-state index is 12.0. The van der Waals surface area contributed by atoms with Gasteiger partial charge in [-0.15, -0.1) is 11.8 Å². The number of ketones is 1. The Labute approximate surface area is 112 Å². The number of carbonyl (C=O) groups is 1. The lowest BCUT2D eigenvalue weighted by Crippen LogP contribution is -2.03. The highest BCUT2D eigenvalue weighted by Crippen LogP contribution is 2.28. The van der Waals surface area contributed by atoms with Crippen LogP contribution in [0.15, 0.2) is 60.7 Å². The van der Waals surface area contributed by atoms with Crippen molar-refractivity contribution in [1.82, 2.24) is 0 Å². The van der Waals surface area contributed by atoms with Crippen LogP contribution < -0.4 is 0 Å². The Bertz CT molecular complexity index is 493. The normalized spacial score (nSPS) is 12.1. The minimum absolute atomic E-state index is 0.198. The lowest BCUT2D eigenvalue weighted by atomic mass is 10.1. The molecule has 0 amide bonds. The molecule has 0 aromatic heterocycles. The summed E-state index contributed by atoms with van der Waals surface area (Å²) in [6.07, 6.45) is 0. The van der Waals surface area contributed by atoms with E-state index in [9.17, 15) is 4.79 Å². The maximum atomic E-state index is 12.0. The fourth-order valence-electron chi connectivity index (χ4n) is 1.73. The fraction of sp³-hybridized carbons (Fsp3) is 0.188. The zero-order valence-corrected chi connectivity index (χ0v) is 11.2. The highest BCUT2D eigenvalue weighted by atomic mass is 32.2. The molecule has 0 spiro atoms. The molecule has 0 aliphatic heterocycles. The molecular weight excluding hydrogens is 240 g/mol. The molecule has 0 heterocycles. The average molecular weight is 256 g/mol. The average Bonchev–Trinajstić information content (AvgIpc) is 2.46. The number of hydrogen-bond acceptors (Lipinski definition) is 2. The second-order valence-corrected chi connectivity index (χ2v) is 5.48. The van der Waals surface area contributed by atoms with Gasteiger partial charge in [-0.3, -0.25) is 4.79 Å². The molecular formula is C16H16OS. The van der Waals surface area contributed by atoms with Crippen molar-refractivity contribution in [2.45, 2.75) is 12.2 Å². The van der Waals surface area contributed by atoms with Crippen LogP contribution in [0.1, 0.15) is 28.1 Å². The van der Waals surface area contributed by atoms with Crippen LogP contribution in [0.3, 0.4) is 0 Å². The lowest BCUT2D eigenvalue weighted by Gasteiger charge is -2.10. The monoisotopic (exact) mass is 256 g/mol. The molecule has 92 valence electrons. The predicted octanol–water partition coefficient (Wildman–Crippen LogP) is 4.36. The molecule has 1 atom stereocenters. The van der Waals surface area contributed by atoms with E-state index in [1.165, 1.54) is 5.56 Å². The Balaban J connectivity index is 1.91. The minimum Gasteiger partial charge on any atom is -0.293 e. The van der Waals surface area contributed by atoms with Crippen molar-refractivity contribution in [2.75, 3.05) is 5.75 Å². The molecule has 0 N–H and O–H groups in total. The van der Waals surface area contributed by atoms with Crippen LogP contribution in [0.5, 0.6) is 0 Å². The van der Waals surface area contributed by atoms with Gasteiger partial charge in [0.25, 0.3) is 0 Å². The summed E-state index contributed by atoms with van der Waals surface area (Å²) in [5.74, 6) is 0.725.